The number of aromatic nitrogens is 9. The van der Waals surface area contributed by atoms with Crippen LogP contribution in [0.3, 0.4) is 0 Å². The molecule has 0 radical (unpaired) electrons. The molecule has 0 amide bonds. The number of hydrazine groups is 1. The molecule has 1 aliphatic rings. The molecule has 0 saturated heterocycles. The third-order valence-electron chi connectivity index (χ3n) is 18.8. The van der Waals surface area contributed by atoms with Crippen LogP contribution < -0.4 is 23.5 Å². The van der Waals surface area contributed by atoms with Crippen LogP contribution in [-0.4, -0.2) is 41.6 Å². The molecule has 1 aliphatic heterocycles. The van der Waals surface area contributed by atoms with Crippen molar-refractivity contribution in [3.8, 4) is 34.2 Å². The predicted octanol–water partition coefficient (Wildman–Crippen LogP) is 16.4. The number of para-hydroxylation sites is 9. The lowest BCUT2D eigenvalue weighted by Gasteiger charge is -2.29. The Hall–Kier alpha value is -11.2. The fourth-order valence-corrected chi connectivity index (χ4v) is 13.6. The number of hydrogen-bond acceptors (Lipinski definition) is 5. The van der Waals surface area contributed by atoms with Gasteiger partial charge in [0.15, 0.2) is 53.5 Å². The molecule has 0 bridgehead atoms. The van der Waals surface area contributed by atoms with E-state index in [1.165, 1.54) is 94.3 Å². The van der Waals surface area contributed by atoms with Crippen molar-refractivity contribution in [2.24, 2.45) is 42.3 Å². The second-order valence-electron chi connectivity index (χ2n) is 25.0. The Morgan fingerprint density at radius 2 is 0.905 bits per heavy atom. The smallest absolute Gasteiger partial charge is 0.293 e. The van der Waals surface area contributed by atoms with Crippen molar-refractivity contribution >= 4 is 82.7 Å². The standard InChI is InChI=1S/C22H19N2O.C21H18N3O.C15H15N2.C12H16N2.C12H15N2/c1-14-12-13-16-15-8-4-7-11-19(15)25-21(16)20(14)22-23(2)17-9-5-6-10-18(17)24(22)3;1-13-10-11-14-15-7-6-12-22-20(15)25-19(14)18(13)21-23(2)16-8-4-5-9-17(16)24(21)3;1-12-7-3-5-9-14(12)17-15-10-6-4-8-13(15)11-16(17)2;1-10-6-4-5-7-12(10)14-9-8-11(2)13(14)3;1-10-6-4-5-7-12(10)14-11(2)8-9-13(14)3/h4-13H,1-3H3;4-12H,1-3H3;3-11H,1-2H3;4-9,11H,1-3H3;4-9H,1-3H3/q3*+1;;+1. The van der Waals surface area contributed by atoms with Crippen LogP contribution >= 0.6 is 0 Å². The quantitative estimate of drug-likeness (QED) is 0.160. The average Bonchev–Trinajstić information content (AvgIpc) is 1.59. The Bertz CT molecular complexity index is 5250. The molecule has 0 fully saturated rings. The lowest BCUT2D eigenvalue weighted by Crippen LogP contribution is -2.37. The first kappa shape index (κ1) is 62.6. The summed E-state index contributed by atoms with van der Waals surface area (Å²) >= 11 is 0. The Balaban J connectivity index is 0.000000110. The number of furan rings is 2. The highest BCUT2D eigenvalue weighted by molar-refractivity contribution is 6.10. The molecular weight excluding hydrogens is 1170 g/mol. The maximum atomic E-state index is 6.30. The fourth-order valence-electron chi connectivity index (χ4n) is 13.6. The van der Waals surface area contributed by atoms with Crippen LogP contribution in [0, 0.1) is 41.5 Å². The van der Waals surface area contributed by atoms with Gasteiger partial charge >= 0.3 is 0 Å². The highest BCUT2D eigenvalue weighted by atomic mass is 16.3. The maximum absolute atomic E-state index is 6.30. The van der Waals surface area contributed by atoms with E-state index >= 15 is 0 Å². The highest BCUT2D eigenvalue weighted by Crippen LogP contribution is 2.39. The Morgan fingerprint density at radius 1 is 0.421 bits per heavy atom. The van der Waals surface area contributed by atoms with Crippen molar-refractivity contribution < 1.29 is 27.3 Å². The summed E-state index contributed by atoms with van der Waals surface area (Å²) in [6.45, 7) is 15.0. The molecule has 474 valence electrons. The third-order valence-corrected chi connectivity index (χ3v) is 18.8. The van der Waals surface area contributed by atoms with Crippen LogP contribution in [0.5, 0.6) is 0 Å². The molecule has 1 atom stereocenters. The molecule has 1 unspecified atom stereocenters. The molecule has 13 nitrogen and oxygen atoms in total. The fraction of sp³-hybridized carbons (Fsp3) is 0.183. The predicted molar refractivity (Wildman–Crippen MR) is 387 cm³/mol. The van der Waals surface area contributed by atoms with E-state index in [1.54, 1.807) is 6.20 Å². The van der Waals surface area contributed by atoms with Gasteiger partial charge in [-0.15, -0.1) is 18.7 Å². The number of anilines is 1. The number of fused-ring (bicyclic) bond motifs is 9. The van der Waals surface area contributed by atoms with Crippen molar-refractivity contribution in [3.05, 3.63) is 277 Å². The zero-order chi connectivity index (χ0) is 66.3. The van der Waals surface area contributed by atoms with Crippen LogP contribution in [0.1, 0.15) is 40.4 Å². The number of pyridine rings is 1. The van der Waals surface area contributed by atoms with Gasteiger partial charge in [-0.3, -0.25) is 5.01 Å². The number of hydrogen-bond donors (Lipinski definition) is 0. The van der Waals surface area contributed by atoms with Gasteiger partial charge in [0.25, 0.3) is 11.6 Å². The van der Waals surface area contributed by atoms with Crippen LogP contribution in [-0.2, 0) is 42.3 Å². The van der Waals surface area contributed by atoms with Gasteiger partial charge in [0, 0.05) is 53.1 Å². The van der Waals surface area contributed by atoms with Crippen molar-refractivity contribution in [3.63, 3.8) is 0 Å². The first-order valence-corrected chi connectivity index (χ1v) is 32.4. The zero-order valence-electron chi connectivity index (χ0n) is 56.9. The Morgan fingerprint density at radius 3 is 1.45 bits per heavy atom. The Kier molecular flexibility index (Phi) is 17.2. The van der Waals surface area contributed by atoms with E-state index in [2.05, 4.69) is 369 Å². The van der Waals surface area contributed by atoms with Gasteiger partial charge in [0.1, 0.15) is 33.6 Å². The highest BCUT2D eigenvalue weighted by Gasteiger charge is 2.30. The number of imidazole rings is 2. The molecule has 16 aromatic rings. The summed E-state index contributed by atoms with van der Waals surface area (Å²) < 4.78 is 30.1. The summed E-state index contributed by atoms with van der Waals surface area (Å²) in [7, 11) is 14.7. The summed E-state index contributed by atoms with van der Waals surface area (Å²) in [5.74, 6) is 2.28. The van der Waals surface area contributed by atoms with Gasteiger partial charge in [0.2, 0.25) is 11.9 Å². The normalized spacial score (nSPS) is 12.9. The van der Waals surface area contributed by atoms with Gasteiger partial charge in [-0.25, -0.2) is 28.3 Å². The topological polar surface area (TPSA) is 80.9 Å². The molecule has 0 N–H and O–H groups in total. The maximum Gasteiger partial charge on any atom is 0.293 e. The second-order valence-corrected chi connectivity index (χ2v) is 25.0. The molecule has 0 spiro atoms. The minimum absolute atomic E-state index is 0.481. The van der Waals surface area contributed by atoms with E-state index in [-0.39, 0.29) is 0 Å². The molecule has 13 heteroatoms. The monoisotopic (exact) mass is 1250 g/mol. The number of aryl methyl sites for hydroxylation is 12. The van der Waals surface area contributed by atoms with Crippen LogP contribution in [0.4, 0.5) is 5.69 Å². The van der Waals surface area contributed by atoms with E-state index in [9.17, 15) is 0 Å². The number of nitrogens with zero attached hydrogens (tertiary/aromatic N) is 11. The van der Waals surface area contributed by atoms with Crippen LogP contribution in [0.25, 0.3) is 111 Å². The molecular formula is C82H83N11O2+4. The minimum atomic E-state index is 0.481. The summed E-state index contributed by atoms with van der Waals surface area (Å²) in [6, 6.07) is 74.2. The summed E-state index contributed by atoms with van der Waals surface area (Å²) in [5.41, 5.74) is 23.1. The first-order chi connectivity index (χ1) is 46.0. The van der Waals surface area contributed by atoms with Gasteiger partial charge in [-0.2, -0.15) is 0 Å². The minimum Gasteiger partial charge on any atom is -0.455 e. The van der Waals surface area contributed by atoms with Crippen molar-refractivity contribution in [1.29, 1.82) is 0 Å². The molecule has 0 saturated carbocycles. The number of benzene rings is 9. The number of rotatable bonds is 5. The van der Waals surface area contributed by atoms with Crippen LogP contribution in [0.2, 0.25) is 0 Å². The van der Waals surface area contributed by atoms with Crippen molar-refractivity contribution in [2.45, 2.75) is 54.5 Å². The van der Waals surface area contributed by atoms with E-state index in [1.807, 2.05) is 18.2 Å². The lowest BCUT2D eigenvalue weighted by molar-refractivity contribution is -0.744. The van der Waals surface area contributed by atoms with Crippen molar-refractivity contribution in [2.75, 3.05) is 12.1 Å². The van der Waals surface area contributed by atoms with E-state index in [0.29, 0.717) is 11.8 Å². The van der Waals surface area contributed by atoms with E-state index in [4.69, 9.17) is 8.83 Å². The first-order valence-electron chi connectivity index (χ1n) is 32.4. The second kappa shape index (κ2) is 26.1. The summed E-state index contributed by atoms with van der Waals surface area (Å²) in [6.07, 6.45) is 10.3. The molecule has 0 aliphatic carbocycles. The zero-order valence-corrected chi connectivity index (χ0v) is 56.9. The van der Waals surface area contributed by atoms with Crippen LogP contribution in [0.15, 0.2) is 252 Å². The van der Waals surface area contributed by atoms with E-state index < -0.39 is 0 Å². The lowest BCUT2D eigenvalue weighted by atomic mass is 10.0. The van der Waals surface area contributed by atoms with Gasteiger partial charge in [0.05, 0.1) is 45.0 Å². The largest absolute Gasteiger partial charge is 0.455 e. The average molecular weight is 1250 g/mol. The van der Waals surface area contributed by atoms with Gasteiger partial charge in [-0.05, 0) is 155 Å². The Labute approximate surface area is 555 Å². The molecule has 17 rings (SSSR count). The van der Waals surface area contributed by atoms with E-state index in [0.717, 1.165) is 50.3 Å². The summed E-state index contributed by atoms with van der Waals surface area (Å²) in [5, 5.41) is 10.2. The molecule has 9 aromatic carbocycles. The summed E-state index contributed by atoms with van der Waals surface area (Å²) in [4.78, 5) is 4.39. The SMILES string of the molecule is Cc1ccc2c(oc3ccccc32)c1-c1n(C)c2ccccc2[n+]1C.Cc1ccc2c(oc3ncccc32)c1-c1n(C)c2ccccc2[n+]1C.Cc1ccccc1-n1c(C)cc[n+]1C.Cc1ccccc1-n1c2ccccc2c[n+]1C.Cc1ccccc1N1C=CC(C)N1C. The molecule has 7 aromatic heterocycles. The van der Waals surface area contributed by atoms with Crippen molar-refractivity contribution in [1.82, 2.24) is 28.5 Å². The molecule has 95 heavy (non-hydrogen) atoms. The number of likely N-dealkylation sites (N-methyl/N-ethyl adjacent to an activating group) is 1. The third kappa shape index (κ3) is 11.5. The molecule has 8 heterocycles. The van der Waals surface area contributed by atoms with Gasteiger partial charge in [-0.1, -0.05) is 133 Å². The van der Waals surface area contributed by atoms with Gasteiger partial charge < -0.3 is 8.83 Å².